The van der Waals surface area contributed by atoms with Crippen LogP contribution in [0.4, 0.5) is 0 Å². The second kappa shape index (κ2) is 11.7. The van der Waals surface area contributed by atoms with Gasteiger partial charge in [-0.1, -0.05) is 18.5 Å². The van der Waals surface area contributed by atoms with Crippen LogP contribution in [-0.4, -0.2) is 31.8 Å². The molecule has 0 heterocycles. The average Bonchev–Trinajstić information content (AvgIpc) is 2.84. The number of carbonyl (C=O) groups is 2. The van der Waals surface area contributed by atoms with Crippen molar-refractivity contribution in [2.24, 2.45) is 5.10 Å². The van der Waals surface area contributed by atoms with E-state index in [1.807, 2.05) is 6.92 Å². The molecule has 0 aliphatic carbocycles. The van der Waals surface area contributed by atoms with Crippen molar-refractivity contribution in [3.8, 4) is 17.2 Å². The molecule has 0 radical (unpaired) electrons. The summed E-state index contributed by atoms with van der Waals surface area (Å²) in [6.45, 7) is 2.63. The van der Waals surface area contributed by atoms with E-state index < -0.39 is 5.97 Å². The van der Waals surface area contributed by atoms with Gasteiger partial charge in [0.25, 0.3) is 5.91 Å². The first-order valence-corrected chi connectivity index (χ1v) is 10.6. The number of halogens is 1. The van der Waals surface area contributed by atoms with E-state index in [9.17, 15) is 9.59 Å². The Labute approximate surface area is 196 Å². The average molecular weight is 467 g/mol. The summed E-state index contributed by atoms with van der Waals surface area (Å²) in [7, 11) is 1.47. The van der Waals surface area contributed by atoms with E-state index in [1.54, 1.807) is 66.7 Å². The molecule has 0 aromatic heterocycles. The molecule has 0 unspecified atom stereocenters. The Morgan fingerprint density at radius 3 is 2.33 bits per heavy atom. The fourth-order valence-corrected chi connectivity index (χ4v) is 2.87. The molecule has 0 bridgehead atoms. The Hall–Kier alpha value is -3.84. The predicted molar refractivity (Wildman–Crippen MR) is 127 cm³/mol. The van der Waals surface area contributed by atoms with E-state index in [0.29, 0.717) is 39.8 Å². The van der Waals surface area contributed by atoms with Crippen LogP contribution in [0.3, 0.4) is 0 Å². The molecule has 1 N–H and O–H groups in total. The zero-order chi connectivity index (χ0) is 23.6. The van der Waals surface area contributed by atoms with Gasteiger partial charge in [-0.25, -0.2) is 10.2 Å². The lowest BCUT2D eigenvalue weighted by Gasteiger charge is -2.10. The fourth-order valence-electron chi connectivity index (χ4n) is 2.75. The van der Waals surface area contributed by atoms with Crippen LogP contribution in [0.5, 0.6) is 17.2 Å². The summed E-state index contributed by atoms with van der Waals surface area (Å²) in [5.74, 6) is 0.409. The second-order valence-electron chi connectivity index (χ2n) is 6.88. The summed E-state index contributed by atoms with van der Waals surface area (Å²) in [6, 6.07) is 18.1. The van der Waals surface area contributed by atoms with Gasteiger partial charge in [0.1, 0.15) is 5.75 Å². The van der Waals surface area contributed by atoms with Crippen molar-refractivity contribution in [1.82, 2.24) is 5.43 Å². The Kier molecular flexibility index (Phi) is 8.43. The minimum atomic E-state index is -0.521. The van der Waals surface area contributed by atoms with Crippen molar-refractivity contribution in [3.05, 3.63) is 88.4 Å². The van der Waals surface area contributed by atoms with E-state index in [2.05, 4.69) is 10.5 Å². The summed E-state index contributed by atoms with van der Waals surface area (Å²) < 4.78 is 16.3. The van der Waals surface area contributed by atoms with Gasteiger partial charge in [0, 0.05) is 10.6 Å². The summed E-state index contributed by atoms with van der Waals surface area (Å²) in [6.07, 6.45) is 2.36. The number of carbonyl (C=O) groups excluding carboxylic acids is 2. The highest BCUT2D eigenvalue weighted by molar-refractivity contribution is 6.30. The van der Waals surface area contributed by atoms with Crippen molar-refractivity contribution < 1.29 is 23.8 Å². The van der Waals surface area contributed by atoms with Gasteiger partial charge in [-0.15, -0.1) is 0 Å². The largest absolute Gasteiger partial charge is 0.494 e. The highest BCUT2D eigenvalue weighted by Gasteiger charge is 2.13. The number of esters is 1. The van der Waals surface area contributed by atoms with Crippen LogP contribution in [0.25, 0.3) is 0 Å². The minimum absolute atomic E-state index is 0.260. The first-order chi connectivity index (χ1) is 16.0. The van der Waals surface area contributed by atoms with E-state index in [0.717, 1.165) is 6.42 Å². The Bertz CT molecular complexity index is 1130. The zero-order valence-corrected chi connectivity index (χ0v) is 19.0. The first-order valence-electron chi connectivity index (χ1n) is 10.2. The predicted octanol–water partition coefficient (Wildman–Crippen LogP) is 5.12. The van der Waals surface area contributed by atoms with Crippen molar-refractivity contribution in [2.75, 3.05) is 13.7 Å². The third-order valence-corrected chi connectivity index (χ3v) is 4.69. The lowest BCUT2D eigenvalue weighted by molar-refractivity contribution is 0.0729. The van der Waals surface area contributed by atoms with Gasteiger partial charge < -0.3 is 14.2 Å². The van der Waals surface area contributed by atoms with Crippen molar-refractivity contribution in [3.63, 3.8) is 0 Å². The van der Waals surface area contributed by atoms with Crippen LogP contribution in [0.2, 0.25) is 5.02 Å². The van der Waals surface area contributed by atoms with Gasteiger partial charge >= 0.3 is 5.97 Å². The van der Waals surface area contributed by atoms with E-state index in [-0.39, 0.29) is 11.7 Å². The number of hydrazone groups is 1. The van der Waals surface area contributed by atoms with Crippen LogP contribution < -0.4 is 19.6 Å². The number of nitrogens with zero attached hydrogens (tertiary/aromatic N) is 1. The van der Waals surface area contributed by atoms with Crippen LogP contribution in [0.1, 0.15) is 39.6 Å². The summed E-state index contributed by atoms with van der Waals surface area (Å²) in [5.41, 5.74) is 3.90. The highest BCUT2D eigenvalue weighted by atomic mass is 35.5. The van der Waals surface area contributed by atoms with Crippen LogP contribution in [-0.2, 0) is 0 Å². The molecular formula is C25H23ClN2O5. The monoisotopic (exact) mass is 466 g/mol. The van der Waals surface area contributed by atoms with Gasteiger partial charge in [-0.3, -0.25) is 4.79 Å². The van der Waals surface area contributed by atoms with Gasteiger partial charge in [0.2, 0.25) is 0 Å². The Balaban J connectivity index is 1.62. The summed E-state index contributed by atoms with van der Waals surface area (Å²) in [4.78, 5) is 24.6. The van der Waals surface area contributed by atoms with Gasteiger partial charge in [-0.05, 0) is 78.7 Å². The topological polar surface area (TPSA) is 86.2 Å². The van der Waals surface area contributed by atoms with Crippen molar-refractivity contribution in [2.45, 2.75) is 13.3 Å². The van der Waals surface area contributed by atoms with Crippen molar-refractivity contribution >= 4 is 29.7 Å². The Morgan fingerprint density at radius 1 is 0.970 bits per heavy atom. The van der Waals surface area contributed by atoms with Crippen LogP contribution in [0, 0.1) is 0 Å². The molecule has 7 nitrogen and oxygen atoms in total. The summed E-state index contributed by atoms with van der Waals surface area (Å²) in [5, 5.41) is 4.49. The molecule has 0 saturated heterocycles. The maximum absolute atomic E-state index is 12.5. The molecule has 0 saturated carbocycles. The molecule has 0 aliphatic heterocycles. The number of hydrogen-bond acceptors (Lipinski definition) is 6. The van der Waals surface area contributed by atoms with E-state index in [4.69, 9.17) is 25.8 Å². The number of amides is 1. The molecule has 0 fully saturated rings. The number of benzene rings is 3. The molecule has 1 amide bonds. The van der Waals surface area contributed by atoms with Gasteiger partial charge in [0.15, 0.2) is 11.5 Å². The van der Waals surface area contributed by atoms with Gasteiger partial charge in [-0.2, -0.15) is 5.10 Å². The number of methoxy groups -OCH3 is 1. The molecule has 3 rings (SSSR count). The number of ether oxygens (including phenoxy) is 3. The lowest BCUT2D eigenvalue weighted by Crippen LogP contribution is -2.17. The third-order valence-electron chi connectivity index (χ3n) is 4.44. The molecule has 170 valence electrons. The quantitative estimate of drug-likeness (QED) is 0.205. The maximum atomic E-state index is 12.5. The van der Waals surface area contributed by atoms with E-state index >= 15 is 0 Å². The lowest BCUT2D eigenvalue weighted by atomic mass is 10.2. The molecule has 33 heavy (non-hydrogen) atoms. The van der Waals surface area contributed by atoms with E-state index in [1.165, 1.54) is 13.3 Å². The Morgan fingerprint density at radius 2 is 1.67 bits per heavy atom. The molecule has 3 aromatic carbocycles. The van der Waals surface area contributed by atoms with Crippen LogP contribution >= 0.6 is 11.6 Å². The smallest absolute Gasteiger partial charge is 0.343 e. The molecule has 3 aromatic rings. The second-order valence-corrected chi connectivity index (χ2v) is 7.32. The number of nitrogens with one attached hydrogen (secondary N) is 1. The number of rotatable bonds is 9. The first kappa shape index (κ1) is 23.8. The molecule has 0 spiro atoms. The zero-order valence-electron chi connectivity index (χ0n) is 18.2. The highest BCUT2D eigenvalue weighted by Crippen LogP contribution is 2.28. The third kappa shape index (κ3) is 6.82. The summed E-state index contributed by atoms with van der Waals surface area (Å²) >= 11 is 5.82. The molecule has 8 heteroatoms. The normalized spacial score (nSPS) is 10.6. The van der Waals surface area contributed by atoms with Crippen LogP contribution in [0.15, 0.2) is 71.8 Å². The van der Waals surface area contributed by atoms with Gasteiger partial charge in [0.05, 0.1) is 25.5 Å². The molecule has 0 atom stereocenters. The molecular weight excluding hydrogens is 444 g/mol. The SMILES string of the molecule is CCCOc1ccc(C(=O)Oc2ccc(C=NNC(=O)c3ccc(Cl)cc3)cc2OC)cc1. The standard InChI is InChI=1S/C25H23ClN2O5/c1-3-14-32-21-11-7-19(8-12-21)25(30)33-22-13-4-17(15-23(22)31-2)16-27-28-24(29)18-5-9-20(26)10-6-18/h4-13,15-16H,3,14H2,1-2H3,(H,28,29). The molecule has 0 aliphatic rings. The minimum Gasteiger partial charge on any atom is -0.494 e. The van der Waals surface area contributed by atoms with Crippen molar-refractivity contribution in [1.29, 1.82) is 0 Å². The fraction of sp³-hybridized carbons (Fsp3) is 0.160. The maximum Gasteiger partial charge on any atom is 0.343 e. The number of hydrogen-bond donors (Lipinski definition) is 1.